The standard InChI is InChI=1S/C13H12ClFN2O4S2/c1-22(18,19)16-12-7-4-10(15)8-13(12)17-23(20,21)11-5-2-9(14)3-6-11/h2-8,16-17H,1H3. The number of halogens is 2. The van der Waals surface area contributed by atoms with Crippen LogP contribution < -0.4 is 9.44 Å². The summed E-state index contributed by atoms with van der Waals surface area (Å²) in [5.41, 5.74) is -0.322. The van der Waals surface area contributed by atoms with Gasteiger partial charge in [0, 0.05) is 11.1 Å². The Hall–Kier alpha value is -1.84. The Morgan fingerprint density at radius 3 is 2.09 bits per heavy atom. The highest BCUT2D eigenvalue weighted by molar-refractivity contribution is 7.93. The van der Waals surface area contributed by atoms with E-state index in [1.807, 2.05) is 0 Å². The minimum Gasteiger partial charge on any atom is -0.282 e. The molecular weight excluding hydrogens is 367 g/mol. The van der Waals surface area contributed by atoms with Crippen molar-refractivity contribution in [3.05, 3.63) is 53.3 Å². The summed E-state index contributed by atoms with van der Waals surface area (Å²) in [5, 5.41) is 0.356. The van der Waals surface area contributed by atoms with E-state index in [-0.39, 0.29) is 16.3 Å². The molecule has 0 amide bonds. The maximum Gasteiger partial charge on any atom is 0.261 e. The zero-order valence-corrected chi connectivity index (χ0v) is 14.1. The predicted molar refractivity (Wildman–Crippen MR) is 87.1 cm³/mol. The smallest absolute Gasteiger partial charge is 0.261 e. The topological polar surface area (TPSA) is 92.3 Å². The van der Waals surface area contributed by atoms with Crippen LogP contribution in [0.3, 0.4) is 0 Å². The van der Waals surface area contributed by atoms with E-state index in [1.165, 1.54) is 24.3 Å². The van der Waals surface area contributed by atoms with Crippen molar-refractivity contribution < 1.29 is 21.2 Å². The van der Waals surface area contributed by atoms with Crippen LogP contribution >= 0.6 is 11.6 Å². The molecule has 0 aromatic heterocycles. The van der Waals surface area contributed by atoms with Gasteiger partial charge in [0.1, 0.15) is 5.82 Å². The fraction of sp³-hybridized carbons (Fsp3) is 0.0769. The molecule has 0 aliphatic heterocycles. The molecule has 0 saturated carbocycles. The molecule has 6 nitrogen and oxygen atoms in total. The summed E-state index contributed by atoms with van der Waals surface area (Å²) in [6.45, 7) is 0. The largest absolute Gasteiger partial charge is 0.282 e. The number of benzene rings is 2. The van der Waals surface area contributed by atoms with E-state index in [0.29, 0.717) is 5.02 Å². The van der Waals surface area contributed by atoms with Gasteiger partial charge >= 0.3 is 0 Å². The first-order chi connectivity index (χ1) is 10.6. The summed E-state index contributed by atoms with van der Waals surface area (Å²) in [4.78, 5) is -0.100. The minimum atomic E-state index is -4.04. The van der Waals surface area contributed by atoms with Crippen LogP contribution in [0.1, 0.15) is 0 Å². The number of anilines is 2. The van der Waals surface area contributed by atoms with E-state index in [2.05, 4.69) is 9.44 Å². The molecule has 0 fully saturated rings. The van der Waals surface area contributed by atoms with E-state index < -0.39 is 25.9 Å². The van der Waals surface area contributed by atoms with Gasteiger partial charge in [0.25, 0.3) is 10.0 Å². The van der Waals surface area contributed by atoms with E-state index in [0.717, 1.165) is 24.5 Å². The molecule has 0 spiro atoms. The predicted octanol–water partition coefficient (Wildman–Crippen LogP) is 2.65. The summed E-state index contributed by atoms with van der Waals surface area (Å²) in [7, 11) is -7.70. The second-order valence-corrected chi connectivity index (χ2v) is 8.49. The SMILES string of the molecule is CS(=O)(=O)Nc1ccc(F)cc1NS(=O)(=O)c1ccc(Cl)cc1. The molecule has 124 valence electrons. The molecule has 0 saturated heterocycles. The molecule has 10 heteroatoms. The van der Waals surface area contributed by atoms with Crippen molar-refractivity contribution in [1.29, 1.82) is 0 Å². The molecule has 0 unspecified atom stereocenters. The highest BCUT2D eigenvalue weighted by Crippen LogP contribution is 2.27. The van der Waals surface area contributed by atoms with Crippen molar-refractivity contribution >= 4 is 43.0 Å². The van der Waals surface area contributed by atoms with Gasteiger partial charge in [0.05, 0.1) is 22.5 Å². The van der Waals surface area contributed by atoms with Gasteiger partial charge in [-0.3, -0.25) is 9.44 Å². The summed E-state index contributed by atoms with van der Waals surface area (Å²) in [6.07, 6.45) is 0.897. The normalized spacial score (nSPS) is 12.0. The van der Waals surface area contributed by atoms with Gasteiger partial charge in [0.15, 0.2) is 0 Å². The van der Waals surface area contributed by atoms with Gasteiger partial charge < -0.3 is 0 Å². The van der Waals surface area contributed by atoms with E-state index in [1.54, 1.807) is 0 Å². The fourth-order valence-electron chi connectivity index (χ4n) is 1.71. The molecule has 0 radical (unpaired) electrons. The molecule has 0 heterocycles. The van der Waals surface area contributed by atoms with E-state index >= 15 is 0 Å². The summed E-state index contributed by atoms with van der Waals surface area (Å²) in [5.74, 6) is -0.724. The van der Waals surface area contributed by atoms with E-state index in [4.69, 9.17) is 11.6 Å². The molecule has 0 bridgehead atoms. The van der Waals surface area contributed by atoms with Crippen molar-refractivity contribution in [2.75, 3.05) is 15.7 Å². The molecule has 0 aliphatic rings. The zero-order valence-electron chi connectivity index (χ0n) is 11.7. The van der Waals surface area contributed by atoms with Gasteiger partial charge in [-0.2, -0.15) is 0 Å². The van der Waals surface area contributed by atoms with Gasteiger partial charge in [0.2, 0.25) is 10.0 Å². The Morgan fingerprint density at radius 2 is 1.52 bits per heavy atom. The maximum atomic E-state index is 13.4. The van der Waals surface area contributed by atoms with Gasteiger partial charge in [-0.25, -0.2) is 21.2 Å². The first-order valence-corrected chi connectivity index (χ1v) is 9.88. The average molecular weight is 379 g/mol. The monoisotopic (exact) mass is 378 g/mol. The minimum absolute atomic E-state index is 0.0913. The van der Waals surface area contributed by atoms with Gasteiger partial charge in [-0.1, -0.05) is 11.6 Å². The lowest BCUT2D eigenvalue weighted by Gasteiger charge is -2.13. The van der Waals surface area contributed by atoms with Crippen molar-refractivity contribution in [2.45, 2.75) is 4.90 Å². The van der Waals surface area contributed by atoms with Crippen LogP contribution in [0.4, 0.5) is 15.8 Å². The Labute approximate surface area is 138 Å². The van der Waals surface area contributed by atoms with Crippen LogP contribution in [0.2, 0.25) is 5.02 Å². The number of rotatable bonds is 5. The van der Waals surface area contributed by atoms with Crippen LogP contribution in [0.15, 0.2) is 47.4 Å². The quantitative estimate of drug-likeness (QED) is 0.836. The first-order valence-electron chi connectivity index (χ1n) is 6.12. The van der Waals surface area contributed by atoms with Crippen LogP contribution in [0.5, 0.6) is 0 Å². The van der Waals surface area contributed by atoms with Gasteiger partial charge in [-0.05, 0) is 36.4 Å². The summed E-state index contributed by atoms with van der Waals surface area (Å²) in [6, 6.07) is 8.32. The molecular formula is C13H12ClFN2O4S2. The van der Waals surface area contributed by atoms with Crippen molar-refractivity contribution in [1.82, 2.24) is 0 Å². The lowest BCUT2D eigenvalue weighted by Crippen LogP contribution is -2.16. The molecule has 0 aliphatic carbocycles. The third-order valence-electron chi connectivity index (χ3n) is 2.65. The zero-order chi connectivity index (χ0) is 17.3. The van der Waals surface area contributed by atoms with Crippen molar-refractivity contribution in [3.8, 4) is 0 Å². The maximum absolute atomic E-state index is 13.4. The van der Waals surface area contributed by atoms with E-state index in [9.17, 15) is 21.2 Å². The Bertz CT molecular complexity index is 929. The van der Waals surface area contributed by atoms with Crippen LogP contribution in [-0.4, -0.2) is 23.1 Å². The Balaban J connectivity index is 2.42. The van der Waals surface area contributed by atoms with Crippen molar-refractivity contribution in [2.24, 2.45) is 0 Å². The number of nitrogens with one attached hydrogen (secondary N) is 2. The highest BCUT2D eigenvalue weighted by atomic mass is 35.5. The lowest BCUT2D eigenvalue weighted by molar-refractivity contribution is 0.600. The number of sulfonamides is 2. The first kappa shape index (κ1) is 17.5. The molecule has 0 atom stereocenters. The van der Waals surface area contributed by atoms with Gasteiger partial charge in [-0.15, -0.1) is 0 Å². The second-order valence-electron chi connectivity index (χ2n) is 4.62. The summed E-state index contributed by atoms with van der Waals surface area (Å²) < 4.78 is 64.9. The molecule has 23 heavy (non-hydrogen) atoms. The average Bonchev–Trinajstić information content (AvgIpc) is 2.41. The second kappa shape index (κ2) is 6.34. The Kier molecular flexibility index (Phi) is 4.83. The fourth-order valence-corrected chi connectivity index (χ4v) is 3.48. The molecule has 2 rings (SSSR count). The third-order valence-corrected chi connectivity index (χ3v) is 4.87. The van der Waals surface area contributed by atoms with Crippen LogP contribution in [0.25, 0.3) is 0 Å². The molecule has 2 aromatic rings. The number of hydrogen-bond donors (Lipinski definition) is 2. The number of hydrogen-bond acceptors (Lipinski definition) is 4. The lowest BCUT2D eigenvalue weighted by atomic mass is 10.3. The van der Waals surface area contributed by atoms with Crippen LogP contribution in [0, 0.1) is 5.82 Å². The summed E-state index contributed by atoms with van der Waals surface area (Å²) >= 11 is 5.70. The Morgan fingerprint density at radius 1 is 0.913 bits per heavy atom. The molecule has 2 N–H and O–H groups in total. The highest BCUT2D eigenvalue weighted by Gasteiger charge is 2.18. The molecule has 2 aromatic carbocycles. The van der Waals surface area contributed by atoms with Crippen molar-refractivity contribution in [3.63, 3.8) is 0 Å². The third kappa shape index (κ3) is 4.81. The van der Waals surface area contributed by atoms with Crippen LogP contribution in [-0.2, 0) is 20.0 Å².